The van der Waals surface area contributed by atoms with Crippen LogP contribution in [0.2, 0.25) is 0 Å². The van der Waals surface area contributed by atoms with Crippen LogP contribution in [0.25, 0.3) is 0 Å². The summed E-state index contributed by atoms with van der Waals surface area (Å²) in [4.78, 5) is 12.3. The van der Waals surface area contributed by atoms with E-state index in [4.69, 9.17) is 56.8 Å². The third-order valence-corrected chi connectivity index (χ3v) is 5.95. The Labute approximate surface area is 285 Å². The number of hydrogen-bond acceptors (Lipinski definition) is 15. The Balaban J connectivity index is 1.64. The molecule has 0 saturated carbocycles. The average Bonchev–Trinajstić information content (AvgIpc) is 3.08. The first-order valence-corrected chi connectivity index (χ1v) is 16.5. The van der Waals surface area contributed by atoms with E-state index in [9.17, 15) is 10.1 Å². The maximum atomic E-state index is 10.6. The first-order chi connectivity index (χ1) is 23.6. The lowest BCUT2D eigenvalue weighted by Gasteiger charge is -2.10. The summed E-state index contributed by atoms with van der Waals surface area (Å²) in [7, 11) is 4.03. The predicted molar refractivity (Wildman–Crippen MR) is 176 cm³/mol. The van der Waals surface area contributed by atoms with Crippen molar-refractivity contribution in [2.45, 2.75) is 0 Å². The average molecular weight is 695 g/mol. The van der Waals surface area contributed by atoms with Gasteiger partial charge >= 0.3 is 0 Å². The van der Waals surface area contributed by atoms with Gasteiger partial charge in [0, 0.05) is 18.7 Å². The SMILES string of the molecule is CN(C)CCOCCOCCOCCOCCOCCOCCOCCOCCOCCOCCOCCOc1ccc([N+](=O)[O-])cc1. The molecule has 1 aromatic carbocycles. The number of likely N-dealkylation sites (N-methyl/N-ethyl adjacent to an activating group) is 1. The first-order valence-electron chi connectivity index (χ1n) is 16.5. The van der Waals surface area contributed by atoms with Crippen molar-refractivity contribution >= 4 is 5.69 Å². The number of benzene rings is 1. The molecule has 0 spiro atoms. The Morgan fingerprint density at radius 3 is 0.938 bits per heavy atom. The van der Waals surface area contributed by atoms with E-state index in [1.807, 2.05) is 14.1 Å². The van der Waals surface area contributed by atoms with Crippen molar-refractivity contribution in [2.24, 2.45) is 0 Å². The second-order valence-corrected chi connectivity index (χ2v) is 10.1. The molecule has 0 aliphatic rings. The van der Waals surface area contributed by atoms with E-state index in [0.717, 1.165) is 6.54 Å². The van der Waals surface area contributed by atoms with Crippen molar-refractivity contribution in [1.82, 2.24) is 4.90 Å². The molecule has 16 heteroatoms. The van der Waals surface area contributed by atoms with Gasteiger partial charge in [-0.05, 0) is 26.2 Å². The molecule has 0 radical (unpaired) electrons. The molecule has 1 rings (SSSR count). The normalized spacial score (nSPS) is 11.5. The molecular weight excluding hydrogens is 636 g/mol. The van der Waals surface area contributed by atoms with Gasteiger partial charge < -0.3 is 61.7 Å². The van der Waals surface area contributed by atoms with Gasteiger partial charge in [0.1, 0.15) is 12.4 Å². The quantitative estimate of drug-likeness (QED) is 0.0560. The zero-order chi connectivity index (χ0) is 34.6. The predicted octanol–water partition coefficient (Wildman–Crippen LogP) is 1.72. The van der Waals surface area contributed by atoms with Crippen LogP contribution in [0.5, 0.6) is 5.75 Å². The van der Waals surface area contributed by atoms with Crippen LogP contribution in [-0.4, -0.2) is 182 Å². The molecule has 0 aromatic heterocycles. The van der Waals surface area contributed by atoms with Crippen molar-refractivity contribution in [3.63, 3.8) is 0 Å². The Hall–Kier alpha value is -2.06. The number of ether oxygens (including phenoxy) is 12. The van der Waals surface area contributed by atoms with Gasteiger partial charge in [0.15, 0.2) is 0 Å². The van der Waals surface area contributed by atoms with Crippen molar-refractivity contribution in [1.29, 1.82) is 0 Å². The Morgan fingerprint density at radius 1 is 0.438 bits per heavy atom. The molecule has 0 heterocycles. The summed E-state index contributed by atoms with van der Waals surface area (Å²) in [5, 5.41) is 10.6. The number of rotatable bonds is 38. The number of nitro benzene ring substituents is 1. The Morgan fingerprint density at radius 2 is 0.688 bits per heavy atom. The minimum atomic E-state index is -0.452. The standard InChI is InChI=1S/C32H58N2O14/c1-33(2)7-8-37-9-10-38-11-12-39-13-14-40-15-16-41-17-18-42-19-20-43-21-22-44-23-24-45-25-26-46-27-28-47-29-30-48-32-5-3-31(4-6-32)34(35)36/h3-6H,7-30H2,1-2H3. The maximum absolute atomic E-state index is 10.6. The van der Waals surface area contributed by atoms with E-state index < -0.39 is 4.92 Å². The highest BCUT2D eigenvalue weighted by atomic mass is 16.6. The molecule has 1 aromatic rings. The van der Waals surface area contributed by atoms with Gasteiger partial charge in [-0.25, -0.2) is 0 Å². The Bertz CT molecular complexity index is 823. The summed E-state index contributed by atoms with van der Waals surface area (Å²) in [6, 6.07) is 5.91. The largest absolute Gasteiger partial charge is 0.491 e. The minimum Gasteiger partial charge on any atom is -0.491 e. The summed E-state index contributed by atoms with van der Waals surface area (Å²) in [6.45, 7) is 12.4. The zero-order valence-corrected chi connectivity index (χ0v) is 28.9. The fourth-order valence-electron chi connectivity index (χ4n) is 3.43. The summed E-state index contributed by atoms with van der Waals surface area (Å²) < 4.78 is 65.5. The van der Waals surface area contributed by atoms with Crippen LogP contribution in [0, 0.1) is 10.1 Å². The molecule has 16 nitrogen and oxygen atoms in total. The molecule has 0 N–H and O–H groups in total. The highest BCUT2D eigenvalue weighted by molar-refractivity contribution is 5.35. The highest BCUT2D eigenvalue weighted by Gasteiger charge is 2.04. The van der Waals surface area contributed by atoms with Crippen LogP contribution in [-0.2, 0) is 52.1 Å². The fourth-order valence-corrected chi connectivity index (χ4v) is 3.43. The van der Waals surface area contributed by atoms with E-state index in [2.05, 4.69) is 4.90 Å². The van der Waals surface area contributed by atoms with Gasteiger partial charge in [-0.2, -0.15) is 0 Å². The van der Waals surface area contributed by atoms with E-state index in [1.54, 1.807) is 12.1 Å². The lowest BCUT2D eigenvalue weighted by Crippen LogP contribution is -2.19. The third-order valence-electron chi connectivity index (χ3n) is 5.95. The summed E-state index contributed by atoms with van der Waals surface area (Å²) >= 11 is 0. The van der Waals surface area contributed by atoms with E-state index in [0.29, 0.717) is 158 Å². The molecule has 0 unspecified atom stereocenters. The molecule has 48 heavy (non-hydrogen) atoms. The molecule has 0 bridgehead atoms. The van der Waals surface area contributed by atoms with E-state index in [-0.39, 0.29) is 5.69 Å². The van der Waals surface area contributed by atoms with Crippen molar-refractivity contribution in [3.05, 3.63) is 34.4 Å². The molecule has 0 aliphatic heterocycles. The van der Waals surface area contributed by atoms with Crippen LogP contribution in [0.4, 0.5) is 5.69 Å². The van der Waals surface area contributed by atoms with Crippen LogP contribution < -0.4 is 4.74 Å². The molecule has 0 fully saturated rings. The van der Waals surface area contributed by atoms with Gasteiger partial charge in [-0.3, -0.25) is 10.1 Å². The lowest BCUT2D eigenvalue weighted by molar-refractivity contribution is -0.384. The van der Waals surface area contributed by atoms with E-state index >= 15 is 0 Å². The molecule has 280 valence electrons. The summed E-state index contributed by atoms with van der Waals surface area (Å²) in [6.07, 6.45) is 0. The van der Waals surface area contributed by atoms with Gasteiger partial charge in [0.05, 0.1) is 150 Å². The first kappa shape index (κ1) is 44.0. The second kappa shape index (κ2) is 34.8. The molecule has 0 saturated heterocycles. The van der Waals surface area contributed by atoms with Crippen molar-refractivity contribution in [3.8, 4) is 5.75 Å². The third kappa shape index (κ3) is 31.2. The van der Waals surface area contributed by atoms with Gasteiger partial charge in [0.25, 0.3) is 5.69 Å². The van der Waals surface area contributed by atoms with Gasteiger partial charge in [0.2, 0.25) is 0 Å². The number of non-ortho nitro benzene ring substituents is 1. The smallest absolute Gasteiger partial charge is 0.269 e. The number of hydrogen-bond donors (Lipinski definition) is 0. The van der Waals surface area contributed by atoms with Crippen molar-refractivity contribution in [2.75, 3.05) is 173 Å². The zero-order valence-electron chi connectivity index (χ0n) is 28.9. The van der Waals surface area contributed by atoms with Crippen LogP contribution in [0.15, 0.2) is 24.3 Å². The molecule has 0 atom stereocenters. The highest BCUT2D eigenvalue weighted by Crippen LogP contribution is 2.17. The summed E-state index contributed by atoms with van der Waals surface area (Å²) in [5.74, 6) is 0.556. The summed E-state index contributed by atoms with van der Waals surface area (Å²) in [5.41, 5.74) is 0.0256. The van der Waals surface area contributed by atoms with Gasteiger partial charge in [-0.1, -0.05) is 0 Å². The van der Waals surface area contributed by atoms with Crippen LogP contribution in [0.3, 0.4) is 0 Å². The molecular formula is C32H58N2O14. The second-order valence-electron chi connectivity index (χ2n) is 10.1. The topological polar surface area (TPSA) is 157 Å². The van der Waals surface area contributed by atoms with E-state index in [1.165, 1.54) is 12.1 Å². The van der Waals surface area contributed by atoms with Crippen molar-refractivity contribution < 1.29 is 61.8 Å². The lowest BCUT2D eigenvalue weighted by atomic mass is 10.3. The van der Waals surface area contributed by atoms with Crippen LogP contribution in [0.1, 0.15) is 0 Å². The fraction of sp³-hybridized carbons (Fsp3) is 0.812. The number of nitrogens with zero attached hydrogens (tertiary/aromatic N) is 2. The molecule has 0 amide bonds. The number of nitro groups is 1. The molecule has 0 aliphatic carbocycles. The minimum absolute atomic E-state index is 0.0256. The van der Waals surface area contributed by atoms with Gasteiger partial charge in [-0.15, -0.1) is 0 Å². The maximum Gasteiger partial charge on any atom is 0.269 e. The van der Waals surface area contributed by atoms with Crippen LogP contribution >= 0.6 is 0 Å². The monoisotopic (exact) mass is 694 g/mol. The Kier molecular flexibility index (Phi) is 31.9.